The first-order valence-electron chi connectivity index (χ1n) is 16.4. The lowest BCUT2D eigenvalue weighted by atomic mass is 9.89. The summed E-state index contributed by atoms with van der Waals surface area (Å²) in [6.45, 7) is 2.05. The first kappa shape index (κ1) is 34.6. The largest absolute Gasteiger partial charge is 0.457 e. The average molecular weight is 656 g/mol. The zero-order chi connectivity index (χ0) is 34.4. The first-order chi connectivity index (χ1) is 23.9. The maximum atomic E-state index is 14.7. The van der Waals surface area contributed by atoms with Gasteiger partial charge in [-0.25, -0.2) is 9.69 Å². The molecule has 0 saturated heterocycles. The van der Waals surface area contributed by atoms with Crippen LogP contribution in [-0.4, -0.2) is 35.4 Å². The molecule has 0 radical (unpaired) electrons. The number of benzene rings is 5. The number of nitrogens with two attached hydrogens (primary N) is 1. The molecule has 0 aliphatic heterocycles. The molecule has 0 fully saturated rings. The van der Waals surface area contributed by atoms with Crippen LogP contribution in [0.5, 0.6) is 11.5 Å². The molecule has 0 heterocycles. The van der Waals surface area contributed by atoms with Crippen molar-refractivity contribution in [2.75, 3.05) is 6.54 Å². The van der Waals surface area contributed by atoms with Crippen molar-refractivity contribution >= 4 is 17.9 Å². The number of hydrogen-bond acceptors (Lipinski definition) is 6. The van der Waals surface area contributed by atoms with Crippen molar-refractivity contribution in [3.8, 4) is 11.5 Å². The van der Waals surface area contributed by atoms with Gasteiger partial charge in [-0.2, -0.15) is 0 Å². The Hall–Kier alpha value is -5.73. The van der Waals surface area contributed by atoms with Crippen LogP contribution >= 0.6 is 0 Å². The highest BCUT2D eigenvalue weighted by atomic mass is 16.6. The van der Waals surface area contributed by atoms with Crippen LogP contribution in [0.3, 0.4) is 0 Å². The monoisotopic (exact) mass is 655 g/mol. The minimum absolute atomic E-state index is 0.0656. The summed E-state index contributed by atoms with van der Waals surface area (Å²) in [6, 6.07) is 42.9. The van der Waals surface area contributed by atoms with Crippen molar-refractivity contribution in [2.24, 2.45) is 5.73 Å². The van der Waals surface area contributed by atoms with Gasteiger partial charge in [0, 0.05) is 0 Å². The van der Waals surface area contributed by atoms with Crippen molar-refractivity contribution in [3.05, 3.63) is 168 Å². The summed E-state index contributed by atoms with van der Waals surface area (Å²) in [6.07, 6.45) is -0.353. The van der Waals surface area contributed by atoms with Gasteiger partial charge >= 0.3 is 6.09 Å². The van der Waals surface area contributed by atoms with E-state index in [0.29, 0.717) is 29.0 Å². The fraction of sp³-hybridized carbons (Fsp3) is 0.195. The fourth-order valence-electron chi connectivity index (χ4n) is 5.60. The van der Waals surface area contributed by atoms with E-state index < -0.39 is 35.9 Å². The molecule has 0 aromatic heterocycles. The molecule has 2 atom stereocenters. The molecule has 3 N–H and O–H groups in total. The summed E-state index contributed by atoms with van der Waals surface area (Å²) in [4.78, 5) is 44.0. The maximum absolute atomic E-state index is 14.7. The van der Waals surface area contributed by atoms with Gasteiger partial charge in [0.2, 0.25) is 11.8 Å². The number of nitrogens with one attached hydrogen (secondary N) is 1. The van der Waals surface area contributed by atoms with Gasteiger partial charge in [0.05, 0.1) is 12.0 Å². The van der Waals surface area contributed by atoms with E-state index in [0.717, 1.165) is 16.0 Å². The number of nitrogens with zero attached hydrogens (tertiary/aromatic N) is 1. The molecule has 0 saturated carbocycles. The van der Waals surface area contributed by atoms with E-state index in [1.807, 2.05) is 153 Å². The van der Waals surface area contributed by atoms with E-state index in [2.05, 4.69) is 5.32 Å². The highest BCUT2D eigenvalue weighted by Gasteiger charge is 2.40. The van der Waals surface area contributed by atoms with E-state index in [-0.39, 0.29) is 19.6 Å². The number of rotatable bonds is 14. The van der Waals surface area contributed by atoms with Crippen LogP contribution in [0.15, 0.2) is 146 Å². The zero-order valence-electron chi connectivity index (χ0n) is 27.5. The standard InChI is InChI=1S/C41H41N3O5/c1-30(32-24-26-36(27-25-32)49-35-21-12-5-13-22-35)43-39(45)37(23-14-28-42)44(41(47)48-29-31-15-6-2-7-16-31)40(46)38(33-17-8-3-9-18-33)34-19-10-4-11-20-34/h2-13,15-22,24-27,30,37-38H,14,23,28-29,42H2,1H3,(H,43,45)/t30-,37+/m0/s1. The lowest BCUT2D eigenvalue weighted by molar-refractivity contribution is -0.139. The Bertz CT molecular complexity index is 1730. The summed E-state index contributed by atoms with van der Waals surface area (Å²) in [7, 11) is 0. The van der Waals surface area contributed by atoms with Gasteiger partial charge < -0.3 is 20.5 Å². The van der Waals surface area contributed by atoms with Gasteiger partial charge in [0.1, 0.15) is 24.1 Å². The zero-order valence-corrected chi connectivity index (χ0v) is 27.5. The first-order valence-corrected chi connectivity index (χ1v) is 16.4. The third-order valence-corrected chi connectivity index (χ3v) is 8.17. The molecule has 8 nitrogen and oxygen atoms in total. The topological polar surface area (TPSA) is 111 Å². The normalized spacial score (nSPS) is 12.1. The van der Waals surface area contributed by atoms with E-state index in [4.69, 9.17) is 15.2 Å². The van der Waals surface area contributed by atoms with Crippen molar-refractivity contribution in [3.63, 3.8) is 0 Å². The molecule has 250 valence electrons. The van der Waals surface area contributed by atoms with Crippen molar-refractivity contribution in [2.45, 2.75) is 44.4 Å². The second-order valence-electron chi connectivity index (χ2n) is 11.7. The van der Waals surface area contributed by atoms with E-state index in [1.54, 1.807) is 0 Å². The number of carbonyl (C=O) groups excluding carboxylic acids is 3. The Labute approximate surface area is 287 Å². The molecule has 0 bridgehead atoms. The Morgan fingerprint density at radius 2 is 1.18 bits per heavy atom. The third-order valence-electron chi connectivity index (χ3n) is 8.17. The van der Waals surface area contributed by atoms with Gasteiger partial charge in [-0.1, -0.05) is 121 Å². The van der Waals surface area contributed by atoms with Crippen LogP contribution in [0.4, 0.5) is 4.79 Å². The summed E-state index contributed by atoms with van der Waals surface area (Å²) in [5.74, 6) is -0.555. The Kier molecular flexibility index (Phi) is 12.3. The summed E-state index contributed by atoms with van der Waals surface area (Å²) in [5, 5.41) is 3.03. The number of hydrogen-bond donors (Lipinski definition) is 2. The lowest BCUT2D eigenvalue weighted by Gasteiger charge is -2.32. The van der Waals surface area contributed by atoms with E-state index >= 15 is 0 Å². The minimum Gasteiger partial charge on any atom is -0.457 e. The minimum atomic E-state index is -1.18. The molecule has 5 aromatic carbocycles. The van der Waals surface area contributed by atoms with Gasteiger partial charge in [0.15, 0.2) is 0 Å². The van der Waals surface area contributed by atoms with Crippen molar-refractivity contribution in [1.82, 2.24) is 10.2 Å². The number of imide groups is 1. The molecule has 5 aromatic rings. The average Bonchev–Trinajstić information content (AvgIpc) is 3.14. The molecular formula is C41H41N3O5. The summed E-state index contributed by atoms with van der Waals surface area (Å²) in [5.41, 5.74) is 8.85. The van der Waals surface area contributed by atoms with Crippen LogP contribution in [0, 0.1) is 0 Å². The smallest absolute Gasteiger partial charge is 0.417 e. The lowest BCUT2D eigenvalue weighted by Crippen LogP contribution is -2.54. The van der Waals surface area contributed by atoms with Crippen molar-refractivity contribution < 1.29 is 23.9 Å². The predicted molar refractivity (Wildman–Crippen MR) is 190 cm³/mol. The van der Waals surface area contributed by atoms with Gasteiger partial charge in [-0.3, -0.25) is 9.59 Å². The molecule has 49 heavy (non-hydrogen) atoms. The molecule has 8 heteroatoms. The van der Waals surface area contributed by atoms with Crippen LogP contribution in [0.2, 0.25) is 0 Å². The molecule has 0 aliphatic carbocycles. The van der Waals surface area contributed by atoms with Crippen molar-refractivity contribution in [1.29, 1.82) is 0 Å². The second kappa shape index (κ2) is 17.4. The maximum Gasteiger partial charge on any atom is 0.417 e. The molecule has 5 rings (SSSR count). The highest BCUT2D eigenvalue weighted by molar-refractivity contribution is 6.02. The number of carbonyl (C=O) groups is 3. The number of ether oxygens (including phenoxy) is 2. The summed E-state index contributed by atoms with van der Waals surface area (Å²) >= 11 is 0. The molecular weight excluding hydrogens is 614 g/mol. The van der Waals surface area contributed by atoms with Crippen LogP contribution in [0.25, 0.3) is 0 Å². The Morgan fingerprint density at radius 1 is 0.673 bits per heavy atom. The Balaban J connectivity index is 1.44. The van der Waals surface area contributed by atoms with E-state index in [9.17, 15) is 14.4 Å². The van der Waals surface area contributed by atoms with Gasteiger partial charge in [-0.15, -0.1) is 0 Å². The van der Waals surface area contributed by atoms with Gasteiger partial charge in [-0.05, 0) is 72.8 Å². The van der Waals surface area contributed by atoms with Crippen LogP contribution < -0.4 is 15.8 Å². The van der Waals surface area contributed by atoms with Gasteiger partial charge in [0.25, 0.3) is 0 Å². The SMILES string of the molecule is C[C@H](NC(=O)[C@@H](CCCN)N(C(=O)OCc1ccccc1)C(=O)C(c1ccccc1)c1ccccc1)c1ccc(Oc2ccccc2)cc1. The highest BCUT2D eigenvalue weighted by Crippen LogP contribution is 2.30. The predicted octanol–water partition coefficient (Wildman–Crippen LogP) is 7.76. The number of para-hydroxylation sites is 1. The molecule has 0 aliphatic rings. The fourth-order valence-corrected chi connectivity index (χ4v) is 5.60. The quantitative estimate of drug-likeness (QED) is 0.127. The second-order valence-corrected chi connectivity index (χ2v) is 11.7. The Morgan fingerprint density at radius 3 is 1.73 bits per heavy atom. The number of amides is 3. The molecule has 3 amide bonds. The molecule has 0 unspecified atom stereocenters. The third kappa shape index (κ3) is 9.43. The molecule has 0 spiro atoms. The van der Waals surface area contributed by atoms with Crippen LogP contribution in [-0.2, 0) is 20.9 Å². The summed E-state index contributed by atoms with van der Waals surface area (Å²) < 4.78 is 11.7. The van der Waals surface area contributed by atoms with E-state index in [1.165, 1.54) is 0 Å². The van der Waals surface area contributed by atoms with Crippen LogP contribution in [0.1, 0.15) is 54.0 Å².